The van der Waals surface area contributed by atoms with E-state index in [2.05, 4.69) is 15.3 Å². The molecule has 23 heavy (non-hydrogen) atoms. The number of nitrogens with two attached hydrogens (primary N) is 1. The summed E-state index contributed by atoms with van der Waals surface area (Å²) in [5.74, 6) is -0.717. The molecule has 0 unspecified atom stereocenters. The molecular weight excluding hydrogens is 296 g/mol. The summed E-state index contributed by atoms with van der Waals surface area (Å²) in [5.41, 5.74) is 7.97. The molecule has 116 valence electrons. The number of H-pyrrole nitrogens is 2. The fourth-order valence-electron chi connectivity index (χ4n) is 2.30. The number of fused-ring (bicyclic) bond motifs is 1. The van der Waals surface area contributed by atoms with Crippen molar-refractivity contribution in [2.75, 3.05) is 5.32 Å². The Morgan fingerprint density at radius 2 is 1.70 bits per heavy atom. The number of benzene rings is 2. The van der Waals surface area contributed by atoms with Gasteiger partial charge in [0, 0.05) is 11.3 Å². The van der Waals surface area contributed by atoms with Gasteiger partial charge in [-0.1, -0.05) is 6.07 Å². The number of hydrogen-bond donors (Lipinski definition) is 4. The van der Waals surface area contributed by atoms with Gasteiger partial charge in [-0.05, 0) is 42.0 Å². The molecule has 7 heteroatoms. The Morgan fingerprint density at radius 1 is 1.00 bits per heavy atom. The van der Waals surface area contributed by atoms with E-state index >= 15 is 0 Å². The Bertz CT molecular complexity index is 938. The molecule has 0 aliphatic rings. The summed E-state index contributed by atoms with van der Waals surface area (Å²) in [6.45, 7) is 0. The highest BCUT2D eigenvalue weighted by molar-refractivity contribution is 5.95. The van der Waals surface area contributed by atoms with Crippen LogP contribution in [0.1, 0.15) is 15.9 Å². The highest BCUT2D eigenvalue weighted by Gasteiger charge is 2.07. The SMILES string of the molecule is NC(=O)c1ccc(NC(=O)Cc2ccc3[nH]c(=O)[nH]c3c2)cc1. The number of carbonyl (C=O) groups is 2. The Morgan fingerprint density at radius 3 is 2.39 bits per heavy atom. The van der Waals surface area contributed by atoms with Gasteiger partial charge in [-0.25, -0.2) is 4.79 Å². The van der Waals surface area contributed by atoms with Crippen LogP contribution < -0.4 is 16.7 Å². The maximum atomic E-state index is 12.1. The van der Waals surface area contributed by atoms with Crippen molar-refractivity contribution in [3.8, 4) is 0 Å². The van der Waals surface area contributed by atoms with Crippen LogP contribution in [0.2, 0.25) is 0 Å². The molecule has 0 bridgehead atoms. The second-order valence-electron chi connectivity index (χ2n) is 5.13. The summed E-state index contributed by atoms with van der Waals surface area (Å²) in [6.07, 6.45) is 0.167. The van der Waals surface area contributed by atoms with Gasteiger partial charge in [0.2, 0.25) is 11.8 Å². The lowest BCUT2D eigenvalue weighted by molar-refractivity contribution is -0.115. The topological polar surface area (TPSA) is 121 Å². The lowest BCUT2D eigenvalue weighted by Crippen LogP contribution is -2.15. The summed E-state index contributed by atoms with van der Waals surface area (Å²) in [5, 5.41) is 2.74. The maximum absolute atomic E-state index is 12.1. The highest BCUT2D eigenvalue weighted by atomic mass is 16.2. The molecule has 0 fully saturated rings. The van der Waals surface area contributed by atoms with E-state index in [1.54, 1.807) is 42.5 Å². The molecule has 1 aromatic heterocycles. The Labute approximate surface area is 130 Å². The quantitative estimate of drug-likeness (QED) is 0.578. The first-order chi connectivity index (χ1) is 11.0. The van der Waals surface area contributed by atoms with Crippen LogP contribution in [0.5, 0.6) is 0 Å². The van der Waals surface area contributed by atoms with Crippen molar-refractivity contribution in [1.29, 1.82) is 0 Å². The molecule has 2 aromatic carbocycles. The molecule has 1 heterocycles. The molecule has 3 rings (SSSR count). The number of amides is 2. The van der Waals surface area contributed by atoms with Crippen LogP contribution in [0, 0.1) is 0 Å². The predicted molar refractivity (Wildman–Crippen MR) is 86.2 cm³/mol. The van der Waals surface area contributed by atoms with Gasteiger partial charge in [0.1, 0.15) is 0 Å². The normalized spacial score (nSPS) is 10.6. The molecule has 3 aromatic rings. The zero-order valence-corrected chi connectivity index (χ0v) is 12.1. The highest BCUT2D eigenvalue weighted by Crippen LogP contribution is 2.13. The summed E-state index contributed by atoms with van der Waals surface area (Å²) in [7, 11) is 0. The van der Waals surface area contributed by atoms with Gasteiger partial charge in [-0.2, -0.15) is 0 Å². The van der Waals surface area contributed by atoms with Gasteiger partial charge in [-0.15, -0.1) is 0 Å². The first kappa shape index (κ1) is 14.6. The van der Waals surface area contributed by atoms with Crippen LogP contribution in [0.25, 0.3) is 11.0 Å². The molecule has 0 aliphatic carbocycles. The Kier molecular flexibility index (Phi) is 3.68. The number of anilines is 1. The largest absolute Gasteiger partial charge is 0.366 e. The summed E-state index contributed by atoms with van der Waals surface area (Å²) in [6, 6.07) is 11.6. The molecule has 0 saturated heterocycles. The number of primary amides is 1. The fraction of sp³-hybridized carbons (Fsp3) is 0.0625. The summed E-state index contributed by atoms with van der Waals surface area (Å²) in [4.78, 5) is 39.6. The summed E-state index contributed by atoms with van der Waals surface area (Å²) < 4.78 is 0. The smallest absolute Gasteiger partial charge is 0.323 e. The third kappa shape index (κ3) is 3.29. The monoisotopic (exact) mass is 310 g/mol. The summed E-state index contributed by atoms with van der Waals surface area (Å²) >= 11 is 0. The first-order valence-electron chi connectivity index (χ1n) is 6.92. The van der Waals surface area contributed by atoms with E-state index in [1.807, 2.05) is 0 Å². The van der Waals surface area contributed by atoms with Crippen LogP contribution in [0.15, 0.2) is 47.3 Å². The van der Waals surface area contributed by atoms with Gasteiger partial charge in [0.25, 0.3) is 0 Å². The number of rotatable bonds is 4. The van der Waals surface area contributed by atoms with E-state index in [-0.39, 0.29) is 18.0 Å². The lowest BCUT2D eigenvalue weighted by atomic mass is 10.1. The molecule has 0 aliphatic heterocycles. The average Bonchev–Trinajstić information content (AvgIpc) is 2.87. The number of hydrogen-bond acceptors (Lipinski definition) is 3. The van der Waals surface area contributed by atoms with E-state index in [1.165, 1.54) is 0 Å². The molecule has 0 saturated carbocycles. The fourth-order valence-corrected chi connectivity index (χ4v) is 2.30. The third-order valence-electron chi connectivity index (χ3n) is 3.40. The standard InChI is InChI=1S/C16H14N4O3/c17-15(22)10-2-4-11(5-3-10)18-14(21)8-9-1-6-12-13(7-9)20-16(23)19-12/h1-7H,8H2,(H2,17,22)(H,18,21)(H2,19,20,23). The predicted octanol–water partition coefficient (Wildman–Crippen LogP) is 1.14. The van der Waals surface area contributed by atoms with Gasteiger partial charge in [-0.3, -0.25) is 9.59 Å². The minimum Gasteiger partial charge on any atom is -0.366 e. The lowest BCUT2D eigenvalue weighted by Gasteiger charge is -2.06. The minimum atomic E-state index is -0.517. The number of carbonyl (C=O) groups excluding carboxylic acids is 2. The molecule has 0 spiro atoms. The maximum Gasteiger partial charge on any atom is 0.323 e. The van der Waals surface area contributed by atoms with Crippen molar-refractivity contribution < 1.29 is 9.59 Å². The molecule has 7 nitrogen and oxygen atoms in total. The average molecular weight is 310 g/mol. The second-order valence-corrected chi connectivity index (χ2v) is 5.13. The number of imidazole rings is 1. The van der Waals surface area contributed by atoms with Gasteiger partial charge in [0.15, 0.2) is 0 Å². The van der Waals surface area contributed by atoms with E-state index in [9.17, 15) is 14.4 Å². The van der Waals surface area contributed by atoms with E-state index in [0.717, 1.165) is 5.56 Å². The van der Waals surface area contributed by atoms with Crippen LogP contribution >= 0.6 is 0 Å². The number of nitrogens with one attached hydrogen (secondary N) is 3. The zero-order chi connectivity index (χ0) is 16.4. The number of aromatic amines is 2. The molecular formula is C16H14N4O3. The molecule has 0 atom stereocenters. The van der Waals surface area contributed by atoms with Crippen molar-refractivity contribution in [2.45, 2.75) is 6.42 Å². The zero-order valence-electron chi connectivity index (χ0n) is 12.1. The van der Waals surface area contributed by atoms with Crippen molar-refractivity contribution in [2.24, 2.45) is 5.73 Å². The van der Waals surface area contributed by atoms with Crippen molar-refractivity contribution in [3.63, 3.8) is 0 Å². The second kappa shape index (κ2) is 5.80. The first-order valence-corrected chi connectivity index (χ1v) is 6.92. The Hall–Kier alpha value is -3.35. The molecule has 0 radical (unpaired) electrons. The van der Waals surface area contributed by atoms with E-state index in [4.69, 9.17) is 5.73 Å². The van der Waals surface area contributed by atoms with Crippen molar-refractivity contribution >= 4 is 28.5 Å². The van der Waals surface area contributed by atoms with Gasteiger partial charge < -0.3 is 21.0 Å². The minimum absolute atomic E-state index is 0.167. The third-order valence-corrected chi connectivity index (χ3v) is 3.40. The Balaban J connectivity index is 1.70. The van der Waals surface area contributed by atoms with Crippen LogP contribution in [-0.4, -0.2) is 21.8 Å². The van der Waals surface area contributed by atoms with Crippen molar-refractivity contribution in [1.82, 2.24) is 9.97 Å². The number of aromatic nitrogens is 2. The van der Waals surface area contributed by atoms with Gasteiger partial charge in [0.05, 0.1) is 17.5 Å². The van der Waals surface area contributed by atoms with E-state index in [0.29, 0.717) is 22.3 Å². The van der Waals surface area contributed by atoms with Gasteiger partial charge >= 0.3 is 5.69 Å². The van der Waals surface area contributed by atoms with Crippen LogP contribution in [0.3, 0.4) is 0 Å². The van der Waals surface area contributed by atoms with Crippen LogP contribution in [-0.2, 0) is 11.2 Å². The molecule has 2 amide bonds. The van der Waals surface area contributed by atoms with Crippen molar-refractivity contribution in [3.05, 3.63) is 64.1 Å². The van der Waals surface area contributed by atoms with Crippen LogP contribution in [0.4, 0.5) is 5.69 Å². The van der Waals surface area contributed by atoms with E-state index < -0.39 is 5.91 Å². The molecule has 5 N–H and O–H groups in total.